The van der Waals surface area contributed by atoms with E-state index in [0.717, 1.165) is 22.6 Å². The van der Waals surface area contributed by atoms with E-state index < -0.39 is 0 Å². The Morgan fingerprint density at radius 1 is 1.20 bits per heavy atom. The molecule has 0 amide bonds. The molecule has 1 unspecified atom stereocenters. The third-order valence-corrected chi connectivity index (χ3v) is 5.21. The molecule has 1 aliphatic rings. The summed E-state index contributed by atoms with van der Waals surface area (Å²) in [6.07, 6.45) is 0.714. The van der Waals surface area contributed by atoms with Crippen LogP contribution in [0.4, 0.5) is 0 Å². The molecule has 0 aromatic heterocycles. The van der Waals surface area contributed by atoms with E-state index in [1.54, 1.807) is 20.2 Å². The summed E-state index contributed by atoms with van der Waals surface area (Å²) in [6, 6.07) is 13.4. The van der Waals surface area contributed by atoms with E-state index in [1.807, 2.05) is 41.4 Å². The van der Waals surface area contributed by atoms with Crippen LogP contribution in [0.25, 0.3) is 0 Å². The van der Waals surface area contributed by atoms with Crippen molar-refractivity contribution in [2.45, 2.75) is 12.5 Å². The highest BCUT2D eigenvalue weighted by molar-refractivity contribution is 7.80. The Kier molecular flexibility index (Phi) is 5.47. The lowest BCUT2D eigenvalue weighted by molar-refractivity contribution is 0.367. The van der Waals surface area contributed by atoms with Crippen molar-refractivity contribution < 1.29 is 4.74 Å². The van der Waals surface area contributed by atoms with E-state index in [4.69, 9.17) is 45.3 Å². The Bertz CT molecular complexity index is 824. The number of hydrazone groups is 1. The number of nitrogens with one attached hydrogen (secondary N) is 1. The van der Waals surface area contributed by atoms with Gasteiger partial charge in [-0.05, 0) is 59.7 Å². The molecule has 0 radical (unpaired) electrons. The second kappa shape index (κ2) is 7.60. The number of rotatable bonds is 3. The first-order valence-electron chi connectivity index (χ1n) is 7.71. The lowest BCUT2D eigenvalue weighted by atomic mass is 9.98. The van der Waals surface area contributed by atoms with Crippen LogP contribution in [0.15, 0.2) is 47.6 Å². The fraction of sp³-hybridized carbons (Fsp3) is 0.222. The molecule has 0 saturated carbocycles. The smallest absolute Gasteiger partial charge is 0.189 e. The van der Waals surface area contributed by atoms with Gasteiger partial charge in [0.1, 0.15) is 5.75 Å². The molecule has 1 heterocycles. The molecule has 1 aliphatic heterocycles. The first-order valence-corrected chi connectivity index (χ1v) is 8.87. The molecule has 130 valence electrons. The zero-order valence-electron chi connectivity index (χ0n) is 13.8. The lowest BCUT2D eigenvalue weighted by Crippen LogP contribution is -2.34. The predicted octanol–water partition coefficient (Wildman–Crippen LogP) is 4.66. The standard InChI is InChI=1S/C18H17Cl2N3OS/c1-21-18(25)23-17(12-5-8-14(19)15(20)9-12)10-16(22-23)11-3-6-13(24-2)7-4-11/h3-9,17H,10H2,1-2H3,(H,21,25). The average Bonchev–Trinajstić information content (AvgIpc) is 3.08. The molecule has 0 bridgehead atoms. The fourth-order valence-electron chi connectivity index (χ4n) is 2.75. The maximum atomic E-state index is 6.19. The number of methoxy groups -OCH3 is 1. The monoisotopic (exact) mass is 393 g/mol. The van der Waals surface area contributed by atoms with Crippen LogP contribution in [-0.4, -0.2) is 30.0 Å². The number of benzene rings is 2. The predicted molar refractivity (Wildman–Crippen MR) is 107 cm³/mol. The minimum absolute atomic E-state index is 0.0354. The fourth-order valence-corrected chi connectivity index (χ4v) is 3.22. The maximum Gasteiger partial charge on any atom is 0.189 e. The Morgan fingerprint density at radius 3 is 2.52 bits per heavy atom. The molecular formula is C18H17Cl2N3OS. The van der Waals surface area contributed by atoms with Crippen molar-refractivity contribution in [1.82, 2.24) is 10.3 Å². The molecule has 2 aromatic rings. The third kappa shape index (κ3) is 3.73. The second-order valence-electron chi connectivity index (χ2n) is 5.57. The minimum atomic E-state index is -0.0354. The van der Waals surface area contributed by atoms with Gasteiger partial charge in [0.25, 0.3) is 0 Å². The molecular weight excluding hydrogens is 377 g/mol. The second-order valence-corrected chi connectivity index (χ2v) is 6.77. The highest BCUT2D eigenvalue weighted by Crippen LogP contribution is 2.35. The molecule has 25 heavy (non-hydrogen) atoms. The molecule has 1 N–H and O–H groups in total. The summed E-state index contributed by atoms with van der Waals surface area (Å²) in [7, 11) is 3.44. The molecule has 2 aromatic carbocycles. The van der Waals surface area contributed by atoms with Gasteiger partial charge >= 0.3 is 0 Å². The van der Waals surface area contributed by atoms with Crippen LogP contribution in [0, 0.1) is 0 Å². The summed E-state index contributed by atoms with van der Waals surface area (Å²) in [4.78, 5) is 0. The van der Waals surface area contributed by atoms with Crippen LogP contribution >= 0.6 is 35.4 Å². The summed E-state index contributed by atoms with van der Waals surface area (Å²) in [5.74, 6) is 0.811. The molecule has 4 nitrogen and oxygen atoms in total. The highest BCUT2D eigenvalue weighted by atomic mass is 35.5. The number of ether oxygens (including phenoxy) is 1. The van der Waals surface area contributed by atoms with E-state index in [0.29, 0.717) is 21.6 Å². The number of nitrogens with zero attached hydrogens (tertiary/aromatic N) is 2. The van der Waals surface area contributed by atoms with E-state index in [2.05, 4.69) is 5.32 Å². The van der Waals surface area contributed by atoms with Gasteiger partial charge in [0, 0.05) is 13.5 Å². The summed E-state index contributed by atoms with van der Waals surface area (Å²) in [6.45, 7) is 0. The maximum absolute atomic E-state index is 6.19. The summed E-state index contributed by atoms with van der Waals surface area (Å²) in [5, 5.41) is 11.1. The summed E-state index contributed by atoms with van der Waals surface area (Å²) >= 11 is 17.7. The van der Waals surface area contributed by atoms with Crippen molar-refractivity contribution >= 4 is 46.2 Å². The summed E-state index contributed by atoms with van der Waals surface area (Å²) in [5.41, 5.74) is 3.00. The Labute approximate surface area is 162 Å². The van der Waals surface area contributed by atoms with Gasteiger partial charge in [-0.25, -0.2) is 5.01 Å². The van der Waals surface area contributed by atoms with Crippen LogP contribution < -0.4 is 10.1 Å². The van der Waals surface area contributed by atoms with E-state index in [9.17, 15) is 0 Å². The van der Waals surface area contributed by atoms with Crippen LogP contribution in [0.5, 0.6) is 5.75 Å². The lowest BCUT2D eigenvalue weighted by Gasteiger charge is -2.24. The first kappa shape index (κ1) is 18.0. The van der Waals surface area contributed by atoms with Gasteiger partial charge in [-0.1, -0.05) is 29.3 Å². The first-order chi connectivity index (χ1) is 12.0. The van der Waals surface area contributed by atoms with Crippen molar-refractivity contribution in [3.63, 3.8) is 0 Å². The van der Waals surface area contributed by atoms with E-state index in [-0.39, 0.29) is 6.04 Å². The van der Waals surface area contributed by atoms with Gasteiger partial charge in [-0.15, -0.1) is 0 Å². The van der Waals surface area contributed by atoms with Crippen molar-refractivity contribution in [3.05, 3.63) is 63.6 Å². The van der Waals surface area contributed by atoms with Crippen LogP contribution in [-0.2, 0) is 0 Å². The van der Waals surface area contributed by atoms with Crippen LogP contribution in [0.1, 0.15) is 23.6 Å². The number of hydrogen-bond acceptors (Lipinski definition) is 3. The topological polar surface area (TPSA) is 36.9 Å². The third-order valence-electron chi connectivity index (χ3n) is 4.08. The quantitative estimate of drug-likeness (QED) is 0.769. The highest BCUT2D eigenvalue weighted by Gasteiger charge is 2.31. The van der Waals surface area contributed by atoms with Gasteiger partial charge in [0.05, 0.1) is 28.9 Å². The van der Waals surface area contributed by atoms with Crippen LogP contribution in [0.3, 0.4) is 0 Å². The molecule has 0 aliphatic carbocycles. The minimum Gasteiger partial charge on any atom is -0.497 e. The van der Waals surface area contributed by atoms with Crippen molar-refractivity contribution in [2.24, 2.45) is 5.10 Å². The number of halogens is 2. The normalized spacial score (nSPS) is 16.6. The molecule has 0 spiro atoms. The zero-order chi connectivity index (χ0) is 18.0. The van der Waals surface area contributed by atoms with Crippen molar-refractivity contribution in [3.8, 4) is 5.75 Å². The Balaban J connectivity index is 1.94. The molecule has 0 saturated heterocycles. The average molecular weight is 394 g/mol. The van der Waals surface area contributed by atoms with Gasteiger partial charge in [0.2, 0.25) is 0 Å². The van der Waals surface area contributed by atoms with Gasteiger partial charge in [-0.2, -0.15) is 5.10 Å². The van der Waals surface area contributed by atoms with Gasteiger partial charge < -0.3 is 10.1 Å². The Morgan fingerprint density at radius 2 is 1.92 bits per heavy atom. The number of hydrogen-bond donors (Lipinski definition) is 1. The van der Waals surface area contributed by atoms with Gasteiger partial charge in [-0.3, -0.25) is 0 Å². The summed E-state index contributed by atoms with van der Waals surface area (Å²) < 4.78 is 5.22. The van der Waals surface area contributed by atoms with Crippen molar-refractivity contribution in [1.29, 1.82) is 0 Å². The zero-order valence-corrected chi connectivity index (χ0v) is 16.1. The van der Waals surface area contributed by atoms with E-state index in [1.165, 1.54) is 0 Å². The largest absolute Gasteiger partial charge is 0.497 e. The molecule has 1 atom stereocenters. The SMILES string of the molecule is CNC(=S)N1N=C(c2ccc(OC)cc2)CC1c1ccc(Cl)c(Cl)c1. The molecule has 3 rings (SSSR count). The van der Waals surface area contributed by atoms with Crippen LogP contribution in [0.2, 0.25) is 10.0 Å². The number of thiocarbonyl (C=S) groups is 1. The molecule has 7 heteroatoms. The van der Waals surface area contributed by atoms with Gasteiger partial charge in [0.15, 0.2) is 5.11 Å². The Hall–Kier alpha value is -1.82. The van der Waals surface area contributed by atoms with E-state index >= 15 is 0 Å². The molecule has 0 fully saturated rings. The van der Waals surface area contributed by atoms with Crippen molar-refractivity contribution in [2.75, 3.05) is 14.2 Å².